The quantitative estimate of drug-likeness (QED) is 0.362. The van der Waals surface area contributed by atoms with E-state index < -0.39 is 0 Å². The molecule has 4 heterocycles. The summed E-state index contributed by atoms with van der Waals surface area (Å²) in [5.41, 5.74) is 4.36. The van der Waals surface area contributed by atoms with Gasteiger partial charge in [0.1, 0.15) is 11.9 Å². The largest absolute Gasteiger partial charge is 0.473 e. The molecule has 2 bridgehead atoms. The zero-order valence-corrected chi connectivity index (χ0v) is 23.8. The number of hydrogen-bond acceptors (Lipinski definition) is 6. The fourth-order valence-corrected chi connectivity index (χ4v) is 5.04. The van der Waals surface area contributed by atoms with Gasteiger partial charge in [-0.25, -0.2) is 9.07 Å². The van der Waals surface area contributed by atoms with E-state index in [0.29, 0.717) is 53.1 Å². The predicted molar refractivity (Wildman–Crippen MR) is 151 cm³/mol. The fraction of sp³-hybridized carbons (Fsp3) is 0.483. The van der Waals surface area contributed by atoms with Gasteiger partial charge in [-0.2, -0.15) is 10.2 Å². The Hall–Kier alpha value is -3.66. The number of hydrogen-bond donors (Lipinski definition) is 1. The van der Waals surface area contributed by atoms with E-state index in [1.807, 2.05) is 46.0 Å². The predicted octanol–water partition coefficient (Wildman–Crippen LogP) is 5.52. The third kappa shape index (κ3) is 5.43. The van der Waals surface area contributed by atoms with Crippen LogP contribution in [-0.4, -0.2) is 60.0 Å². The van der Waals surface area contributed by atoms with Crippen LogP contribution in [0.1, 0.15) is 58.5 Å². The summed E-state index contributed by atoms with van der Waals surface area (Å²) in [6.07, 6.45) is 5.43. The number of likely N-dealkylation sites (N-methyl/N-ethyl adjacent to an activating group) is 1. The summed E-state index contributed by atoms with van der Waals surface area (Å²) in [5, 5.41) is 17.6. The summed E-state index contributed by atoms with van der Waals surface area (Å²) in [5.74, 6) is 1.18. The van der Waals surface area contributed by atoms with Gasteiger partial charge < -0.3 is 9.47 Å². The van der Waals surface area contributed by atoms with E-state index in [4.69, 9.17) is 14.6 Å². The summed E-state index contributed by atoms with van der Waals surface area (Å²) < 4.78 is 31.7. The summed E-state index contributed by atoms with van der Waals surface area (Å²) >= 11 is 0. The van der Waals surface area contributed by atoms with Crippen molar-refractivity contribution in [3.05, 3.63) is 41.1 Å². The monoisotopic (exact) mass is 535 g/mol. The molecule has 0 aliphatic carbocycles. The second kappa shape index (κ2) is 10.8. The number of aromatic nitrogens is 6. The molecule has 1 unspecified atom stereocenters. The third-order valence-electron chi connectivity index (χ3n) is 6.86. The molecule has 0 saturated carbocycles. The highest BCUT2D eigenvalue weighted by Crippen LogP contribution is 2.36. The number of aryl methyl sites for hydroxylation is 1. The molecule has 0 amide bonds. The molecule has 1 aromatic carbocycles. The van der Waals surface area contributed by atoms with Crippen molar-refractivity contribution in [3.8, 4) is 22.9 Å². The molecule has 0 saturated heterocycles. The molecule has 1 atom stereocenters. The molecule has 3 aromatic heterocycles. The normalized spacial score (nSPS) is 17.2. The lowest BCUT2D eigenvalue weighted by Crippen LogP contribution is -2.34. The Bertz CT molecular complexity index is 1500. The zero-order chi connectivity index (χ0) is 27.8. The minimum absolute atomic E-state index is 0.0268. The Morgan fingerprint density at radius 1 is 1.18 bits per heavy atom. The molecule has 1 aliphatic rings. The van der Waals surface area contributed by atoms with Crippen molar-refractivity contribution in [1.29, 1.82) is 0 Å². The lowest BCUT2D eigenvalue weighted by atomic mass is 10.0. The molecule has 9 nitrogen and oxygen atoms in total. The van der Waals surface area contributed by atoms with Gasteiger partial charge in [-0.15, -0.1) is 5.10 Å². The number of H-pyrrole nitrogens is 1. The summed E-state index contributed by atoms with van der Waals surface area (Å²) in [6.45, 7) is 15.5. The first kappa shape index (κ1) is 26.9. The fourth-order valence-electron chi connectivity index (χ4n) is 5.04. The van der Waals surface area contributed by atoms with Crippen LogP contribution in [0.25, 0.3) is 34.2 Å². The molecule has 5 rings (SSSR count). The van der Waals surface area contributed by atoms with Crippen LogP contribution < -0.4 is 9.47 Å². The van der Waals surface area contributed by atoms with E-state index in [0.717, 1.165) is 29.7 Å². The second-order valence-corrected chi connectivity index (χ2v) is 11.0. The van der Waals surface area contributed by atoms with Crippen molar-refractivity contribution >= 4 is 23.1 Å². The van der Waals surface area contributed by atoms with Gasteiger partial charge >= 0.3 is 0 Å². The number of fused-ring (bicyclic) bond motifs is 4. The Morgan fingerprint density at radius 2 is 1.97 bits per heavy atom. The van der Waals surface area contributed by atoms with Crippen LogP contribution >= 0.6 is 0 Å². The van der Waals surface area contributed by atoms with Gasteiger partial charge in [0.2, 0.25) is 11.8 Å². The van der Waals surface area contributed by atoms with Gasteiger partial charge in [0, 0.05) is 43.7 Å². The molecule has 0 spiro atoms. The Labute approximate surface area is 228 Å². The highest BCUT2D eigenvalue weighted by Gasteiger charge is 2.25. The maximum absolute atomic E-state index is 15.4. The van der Waals surface area contributed by atoms with Crippen LogP contribution in [0.2, 0.25) is 0 Å². The number of ether oxygens (including phenoxy) is 2. The van der Waals surface area contributed by atoms with Gasteiger partial charge in [-0.05, 0) is 51.5 Å². The van der Waals surface area contributed by atoms with Crippen molar-refractivity contribution in [2.24, 2.45) is 13.0 Å². The smallest absolute Gasteiger partial charge is 0.240 e. The summed E-state index contributed by atoms with van der Waals surface area (Å²) in [4.78, 5) is 2.33. The van der Waals surface area contributed by atoms with Gasteiger partial charge in [0.05, 0.1) is 40.3 Å². The number of rotatable bonds is 5. The number of nitrogens with one attached hydrogen (secondary N) is 1. The van der Waals surface area contributed by atoms with Crippen LogP contribution in [-0.2, 0) is 20.1 Å². The minimum Gasteiger partial charge on any atom is -0.473 e. The van der Waals surface area contributed by atoms with Gasteiger partial charge in [-0.3, -0.25) is 14.7 Å². The Balaban J connectivity index is 1.72. The standard InChI is InChI=1S/C29H38FN7O2/c1-8-36-15-19(6)39-29-23(13-31-35(29)7)21-11-22-25(32-33-26(22)12-24(21)30)10-9-20-27(16-36)37(14-17(2)3)34-28(20)38-18(4)5/h9-13,17-19H,8,14-16H2,1-7H3,(H,32,33)/b10-9+. The Kier molecular flexibility index (Phi) is 7.48. The SMILES string of the molecule is CCN1Cc2c(c(OC(C)C)nn2CC(C)C)/C=C/c2n[nH]c3cc(F)c(cc23)-c2cnn(C)c2OC(C)C1. The van der Waals surface area contributed by atoms with Crippen LogP contribution in [0.5, 0.6) is 11.8 Å². The second-order valence-electron chi connectivity index (χ2n) is 11.0. The molecule has 39 heavy (non-hydrogen) atoms. The summed E-state index contributed by atoms with van der Waals surface area (Å²) in [6, 6.07) is 3.29. The molecule has 0 radical (unpaired) electrons. The van der Waals surface area contributed by atoms with Crippen molar-refractivity contribution in [2.75, 3.05) is 13.1 Å². The van der Waals surface area contributed by atoms with Crippen molar-refractivity contribution in [2.45, 2.75) is 66.8 Å². The van der Waals surface area contributed by atoms with Gasteiger partial charge in [0.15, 0.2) is 0 Å². The van der Waals surface area contributed by atoms with Crippen molar-refractivity contribution < 1.29 is 13.9 Å². The minimum atomic E-state index is -0.364. The third-order valence-corrected chi connectivity index (χ3v) is 6.86. The van der Waals surface area contributed by atoms with E-state index in [2.05, 4.69) is 45.6 Å². The number of nitrogens with zero attached hydrogens (tertiary/aromatic N) is 6. The molecular weight excluding hydrogens is 497 g/mol. The van der Waals surface area contributed by atoms with Gasteiger partial charge in [-0.1, -0.05) is 20.8 Å². The highest BCUT2D eigenvalue weighted by molar-refractivity contribution is 5.93. The summed E-state index contributed by atoms with van der Waals surface area (Å²) in [7, 11) is 1.81. The maximum Gasteiger partial charge on any atom is 0.240 e. The van der Waals surface area contributed by atoms with E-state index in [1.165, 1.54) is 6.07 Å². The molecule has 208 valence electrons. The number of benzene rings is 1. The molecule has 0 fully saturated rings. The molecule has 4 aromatic rings. The van der Waals surface area contributed by atoms with Crippen molar-refractivity contribution in [1.82, 2.24) is 34.7 Å². The highest BCUT2D eigenvalue weighted by atomic mass is 19.1. The van der Waals surface area contributed by atoms with Crippen LogP contribution in [0.3, 0.4) is 0 Å². The molecular formula is C29H38FN7O2. The lowest BCUT2D eigenvalue weighted by molar-refractivity contribution is 0.134. The van der Waals surface area contributed by atoms with Crippen LogP contribution in [0.4, 0.5) is 4.39 Å². The zero-order valence-electron chi connectivity index (χ0n) is 23.8. The maximum atomic E-state index is 15.4. The number of aromatic amines is 1. The van der Waals surface area contributed by atoms with Crippen LogP contribution in [0, 0.1) is 11.7 Å². The van der Waals surface area contributed by atoms with Crippen LogP contribution in [0.15, 0.2) is 18.3 Å². The topological polar surface area (TPSA) is 86.0 Å². The van der Waals surface area contributed by atoms with E-state index >= 15 is 4.39 Å². The van der Waals surface area contributed by atoms with E-state index in [-0.39, 0.29) is 18.0 Å². The average molecular weight is 536 g/mol. The number of halogens is 1. The first-order chi connectivity index (χ1) is 18.6. The van der Waals surface area contributed by atoms with Crippen molar-refractivity contribution in [3.63, 3.8) is 0 Å². The molecule has 1 aliphatic heterocycles. The first-order valence-corrected chi connectivity index (χ1v) is 13.7. The Morgan fingerprint density at radius 3 is 2.69 bits per heavy atom. The van der Waals surface area contributed by atoms with E-state index in [9.17, 15) is 0 Å². The lowest BCUT2D eigenvalue weighted by Gasteiger charge is -2.26. The van der Waals surface area contributed by atoms with E-state index in [1.54, 1.807) is 10.9 Å². The average Bonchev–Trinajstić information content (AvgIpc) is 3.51. The van der Waals surface area contributed by atoms with Gasteiger partial charge in [0.25, 0.3) is 0 Å². The molecule has 1 N–H and O–H groups in total. The molecule has 10 heteroatoms. The first-order valence-electron chi connectivity index (χ1n) is 13.7.